The number of ether oxygens (including phenoxy) is 1. The Kier molecular flexibility index (Phi) is 3.85. The van der Waals surface area contributed by atoms with Crippen LogP contribution in [-0.2, 0) is 4.74 Å². The van der Waals surface area contributed by atoms with Crippen LogP contribution in [0.2, 0.25) is 0 Å². The molecular formula is C13H12F6NO3-. The lowest BCUT2D eigenvalue weighted by atomic mass is 9.75. The molecule has 0 aromatic rings. The van der Waals surface area contributed by atoms with Gasteiger partial charge in [-0.1, -0.05) is 6.08 Å². The van der Waals surface area contributed by atoms with Gasteiger partial charge in [0, 0.05) is 23.7 Å². The second kappa shape index (κ2) is 4.97. The minimum Gasteiger partial charge on any atom is -0.842 e. The molecule has 1 aliphatic heterocycles. The van der Waals surface area contributed by atoms with Gasteiger partial charge in [-0.2, -0.15) is 26.3 Å². The lowest BCUT2D eigenvalue weighted by molar-refractivity contribution is -0.653. The number of hydrogen-bond acceptors (Lipinski definition) is 3. The minimum atomic E-state index is -5.67. The molecule has 23 heavy (non-hydrogen) atoms. The standard InChI is InChI=1S/C13H12F6NO3/c1-20(2)7-3-4-8-9(5-7)23-11(22,13(17,18)19)6-10(8,21)12(14,15)16/h3-5,8H,6H2,1-2H3/q-1/t8?,10-,11+/m1/s1. The molecule has 0 aromatic carbocycles. The van der Waals surface area contributed by atoms with E-state index < -0.39 is 41.8 Å². The van der Waals surface area contributed by atoms with Crippen LogP contribution in [0.4, 0.5) is 26.3 Å². The second-order valence-electron chi connectivity index (χ2n) is 5.62. The van der Waals surface area contributed by atoms with Crippen molar-refractivity contribution in [1.29, 1.82) is 0 Å². The first-order valence-electron chi connectivity index (χ1n) is 6.39. The van der Waals surface area contributed by atoms with Crippen LogP contribution >= 0.6 is 0 Å². The molecule has 1 fully saturated rings. The van der Waals surface area contributed by atoms with Crippen LogP contribution in [-0.4, -0.2) is 48.1 Å². The van der Waals surface area contributed by atoms with Gasteiger partial charge in [0.05, 0.1) is 0 Å². The zero-order chi connectivity index (χ0) is 17.8. The quantitative estimate of drug-likeness (QED) is 0.474. The first-order valence-corrected chi connectivity index (χ1v) is 6.39. The summed E-state index contributed by atoms with van der Waals surface area (Å²) in [5, 5.41) is 24.0. The maximum atomic E-state index is 13.1. The van der Waals surface area contributed by atoms with Crippen molar-refractivity contribution in [3.63, 3.8) is 0 Å². The third kappa shape index (κ3) is 2.74. The molecule has 0 bridgehead atoms. The van der Waals surface area contributed by atoms with Crippen LogP contribution in [0.1, 0.15) is 6.42 Å². The molecule has 1 heterocycles. The highest BCUT2D eigenvalue weighted by molar-refractivity contribution is 6.01. The summed E-state index contributed by atoms with van der Waals surface area (Å²) in [5.74, 6) is -7.41. The summed E-state index contributed by atoms with van der Waals surface area (Å²) >= 11 is 0. The number of halogens is 6. The van der Waals surface area contributed by atoms with E-state index in [0.717, 1.165) is 12.2 Å². The van der Waals surface area contributed by atoms with Crippen LogP contribution < -0.4 is 10.2 Å². The van der Waals surface area contributed by atoms with E-state index in [-0.39, 0.29) is 5.71 Å². The molecule has 0 spiro atoms. The number of fused-ring (bicyclic) bond motifs is 1. The topological polar surface area (TPSA) is 58.4 Å². The van der Waals surface area contributed by atoms with E-state index in [4.69, 9.17) is 0 Å². The molecule has 0 radical (unpaired) electrons. The molecule has 3 atom stereocenters. The summed E-state index contributed by atoms with van der Waals surface area (Å²) in [5.41, 5.74) is -3.92. The molecule has 0 saturated carbocycles. The third-order valence-corrected chi connectivity index (χ3v) is 3.76. The van der Waals surface area contributed by atoms with Gasteiger partial charge in [-0.05, 0) is 6.42 Å². The fourth-order valence-electron chi connectivity index (χ4n) is 2.45. The lowest BCUT2D eigenvalue weighted by Gasteiger charge is -2.60. The lowest BCUT2D eigenvalue weighted by Crippen LogP contribution is -2.74. The van der Waals surface area contributed by atoms with Gasteiger partial charge >= 0.3 is 12.4 Å². The monoisotopic (exact) mass is 344 g/mol. The van der Waals surface area contributed by atoms with E-state index in [2.05, 4.69) is 4.74 Å². The first kappa shape index (κ1) is 17.8. The molecule has 0 aromatic heterocycles. The van der Waals surface area contributed by atoms with Gasteiger partial charge in [0.15, 0.2) is 0 Å². The van der Waals surface area contributed by atoms with Crippen molar-refractivity contribution in [3.05, 3.63) is 24.0 Å². The Morgan fingerprint density at radius 2 is 1.70 bits per heavy atom. The van der Waals surface area contributed by atoms with Gasteiger partial charge in [0.1, 0.15) is 25.6 Å². The van der Waals surface area contributed by atoms with Gasteiger partial charge in [-0.3, -0.25) is 0 Å². The van der Waals surface area contributed by atoms with Crippen LogP contribution in [0.3, 0.4) is 0 Å². The van der Waals surface area contributed by atoms with E-state index in [1.165, 1.54) is 24.7 Å². The highest BCUT2D eigenvalue weighted by Crippen LogP contribution is 2.51. The summed E-state index contributed by atoms with van der Waals surface area (Å²) in [6, 6.07) is 0. The van der Waals surface area contributed by atoms with Crippen molar-refractivity contribution in [2.75, 3.05) is 14.1 Å². The normalized spacial score (nSPS) is 34.6. The zero-order valence-electron chi connectivity index (χ0n) is 12.0. The number of alkyl halides is 6. The van der Waals surface area contributed by atoms with Gasteiger partial charge in [0.25, 0.3) is 0 Å². The average molecular weight is 344 g/mol. The fourth-order valence-corrected chi connectivity index (χ4v) is 2.45. The Morgan fingerprint density at radius 3 is 2.13 bits per heavy atom. The first-order chi connectivity index (χ1) is 10.2. The number of nitrogens with zero attached hydrogens (tertiary/aromatic N) is 1. The van der Waals surface area contributed by atoms with E-state index in [9.17, 15) is 36.6 Å². The zero-order valence-corrected chi connectivity index (χ0v) is 12.0. The highest BCUT2D eigenvalue weighted by Gasteiger charge is 2.62. The van der Waals surface area contributed by atoms with Crippen LogP contribution in [0, 0.1) is 5.92 Å². The molecule has 1 aliphatic carbocycles. The Balaban J connectivity index is 2.62. The number of rotatable bonds is 0. The predicted octanol–water partition coefficient (Wildman–Crippen LogP) is 0.470. The molecule has 4 nitrogen and oxygen atoms in total. The molecule has 0 N–H and O–H groups in total. The molecule has 10 heteroatoms. The second-order valence-corrected chi connectivity index (χ2v) is 5.62. The molecular weight excluding hydrogens is 332 g/mol. The van der Waals surface area contributed by atoms with Gasteiger partial charge < -0.3 is 14.9 Å². The van der Waals surface area contributed by atoms with E-state index in [0.29, 0.717) is 0 Å². The van der Waals surface area contributed by atoms with Gasteiger partial charge in [-0.25, -0.2) is 4.58 Å². The van der Waals surface area contributed by atoms with Crippen molar-refractivity contribution in [3.8, 4) is 0 Å². The van der Waals surface area contributed by atoms with Gasteiger partial charge in [0.2, 0.25) is 5.71 Å². The van der Waals surface area contributed by atoms with Crippen molar-refractivity contribution in [2.45, 2.75) is 30.2 Å². The predicted molar refractivity (Wildman–Crippen MR) is 61.1 cm³/mol. The molecule has 2 aliphatic rings. The molecule has 2 rings (SSSR count). The van der Waals surface area contributed by atoms with Crippen LogP contribution in [0.5, 0.6) is 0 Å². The summed E-state index contributed by atoms with van der Waals surface area (Å²) in [4.78, 5) is 0. The van der Waals surface area contributed by atoms with Crippen molar-refractivity contribution >= 4 is 5.71 Å². The number of allylic oxidation sites excluding steroid dienone is 2. The SMILES string of the molecule is C[N+](C)=C1C=CC2C(=C1)O[C@]([O-])(C(F)(F)F)C[C@]2([O-])C(F)(F)F. The number of hydrogen-bond donors (Lipinski definition) is 0. The van der Waals surface area contributed by atoms with E-state index in [1.54, 1.807) is 0 Å². The maximum absolute atomic E-state index is 13.1. The Morgan fingerprint density at radius 1 is 1.13 bits per heavy atom. The highest BCUT2D eigenvalue weighted by atomic mass is 19.4. The minimum absolute atomic E-state index is 0.201. The summed E-state index contributed by atoms with van der Waals surface area (Å²) in [6.07, 6.45) is -10.7. The molecule has 130 valence electrons. The molecule has 1 saturated heterocycles. The third-order valence-electron chi connectivity index (χ3n) is 3.76. The van der Waals surface area contributed by atoms with Crippen molar-refractivity contribution in [2.24, 2.45) is 5.92 Å². The average Bonchev–Trinajstić information content (AvgIpc) is 2.35. The van der Waals surface area contributed by atoms with E-state index >= 15 is 0 Å². The van der Waals surface area contributed by atoms with Crippen LogP contribution in [0.15, 0.2) is 24.0 Å². The Bertz CT molecular complexity index is 602. The largest absolute Gasteiger partial charge is 0.842 e. The van der Waals surface area contributed by atoms with E-state index in [1.807, 2.05) is 0 Å². The van der Waals surface area contributed by atoms with Gasteiger partial charge in [-0.15, -0.1) is 0 Å². The molecule has 1 unspecified atom stereocenters. The Labute approximate surface area is 127 Å². The molecule has 0 amide bonds. The Hall–Kier alpha value is -1.55. The maximum Gasteiger partial charge on any atom is 0.413 e. The van der Waals surface area contributed by atoms with Crippen molar-refractivity contribution < 1.29 is 45.9 Å². The summed E-state index contributed by atoms with van der Waals surface area (Å²) < 4.78 is 83.7. The summed E-state index contributed by atoms with van der Waals surface area (Å²) in [7, 11) is 2.98. The summed E-state index contributed by atoms with van der Waals surface area (Å²) in [6.45, 7) is 0. The smallest absolute Gasteiger partial charge is 0.413 e. The van der Waals surface area contributed by atoms with Crippen LogP contribution in [0.25, 0.3) is 0 Å². The van der Waals surface area contributed by atoms with Crippen molar-refractivity contribution in [1.82, 2.24) is 0 Å². The fraction of sp³-hybridized carbons (Fsp3) is 0.615.